The molecule has 3 aromatic rings. The fourth-order valence-electron chi connectivity index (χ4n) is 3.16. The Labute approximate surface area is 138 Å². The maximum absolute atomic E-state index is 13.3. The maximum Gasteiger partial charge on any atom is 0.169 e. The van der Waals surface area contributed by atoms with E-state index in [1.165, 1.54) is 19.2 Å². The third-order valence-electron chi connectivity index (χ3n) is 4.39. The Bertz CT molecular complexity index is 945. The lowest BCUT2D eigenvalue weighted by Gasteiger charge is -2.08. The number of methoxy groups -OCH3 is 1. The van der Waals surface area contributed by atoms with Gasteiger partial charge in [0.2, 0.25) is 0 Å². The van der Waals surface area contributed by atoms with Crippen LogP contribution >= 0.6 is 0 Å². The van der Waals surface area contributed by atoms with Gasteiger partial charge in [-0.1, -0.05) is 6.07 Å². The van der Waals surface area contributed by atoms with Crippen LogP contribution in [0.2, 0.25) is 0 Å². The number of carbonyl (C=O) groups is 1. The first-order valence-corrected chi connectivity index (χ1v) is 7.78. The summed E-state index contributed by atoms with van der Waals surface area (Å²) in [6.45, 7) is 0.679. The standard InChI is InChI=1S/C19H16FNO3/c1-23-18-8-13(20)3-2-11(18)7-17(22)15-10-21-16-9-19-12(4-5-24-19)6-14(15)16/h2-3,6,8-10,21H,4-5,7H2,1H3. The van der Waals surface area contributed by atoms with Gasteiger partial charge in [0.15, 0.2) is 5.78 Å². The minimum Gasteiger partial charge on any atom is -0.496 e. The van der Waals surface area contributed by atoms with Crippen LogP contribution < -0.4 is 9.47 Å². The largest absolute Gasteiger partial charge is 0.496 e. The fourth-order valence-corrected chi connectivity index (χ4v) is 3.16. The van der Waals surface area contributed by atoms with Crippen molar-refractivity contribution in [3.05, 3.63) is 59.0 Å². The quantitative estimate of drug-likeness (QED) is 0.745. The van der Waals surface area contributed by atoms with Crippen LogP contribution in [-0.2, 0) is 12.8 Å². The minimum atomic E-state index is -0.384. The van der Waals surface area contributed by atoms with Gasteiger partial charge in [-0.05, 0) is 17.7 Å². The molecule has 5 heteroatoms. The Morgan fingerprint density at radius 2 is 2.21 bits per heavy atom. The Balaban J connectivity index is 1.69. The van der Waals surface area contributed by atoms with Crippen molar-refractivity contribution in [1.82, 2.24) is 4.98 Å². The van der Waals surface area contributed by atoms with Gasteiger partial charge in [0.25, 0.3) is 0 Å². The molecule has 4 nitrogen and oxygen atoms in total. The number of H-pyrrole nitrogens is 1. The summed E-state index contributed by atoms with van der Waals surface area (Å²) in [6.07, 6.45) is 2.73. The molecule has 0 amide bonds. The second-order valence-corrected chi connectivity index (χ2v) is 5.86. The summed E-state index contributed by atoms with van der Waals surface area (Å²) in [6, 6.07) is 8.18. The van der Waals surface area contributed by atoms with Crippen LogP contribution in [0.3, 0.4) is 0 Å². The van der Waals surface area contributed by atoms with Gasteiger partial charge in [-0.3, -0.25) is 4.79 Å². The monoisotopic (exact) mass is 325 g/mol. The van der Waals surface area contributed by atoms with Crippen LogP contribution in [0.25, 0.3) is 10.9 Å². The molecule has 122 valence electrons. The second kappa shape index (κ2) is 5.67. The number of Topliss-reactive ketones (excluding diaryl/α,β-unsaturated/α-hetero) is 1. The van der Waals surface area contributed by atoms with Gasteiger partial charge in [0.1, 0.15) is 17.3 Å². The topological polar surface area (TPSA) is 51.3 Å². The van der Waals surface area contributed by atoms with Crippen molar-refractivity contribution >= 4 is 16.7 Å². The molecule has 2 aromatic carbocycles. The van der Waals surface area contributed by atoms with E-state index in [9.17, 15) is 9.18 Å². The summed E-state index contributed by atoms with van der Waals surface area (Å²) >= 11 is 0. The van der Waals surface area contributed by atoms with E-state index in [1.54, 1.807) is 12.3 Å². The van der Waals surface area contributed by atoms with E-state index in [2.05, 4.69) is 4.98 Å². The van der Waals surface area contributed by atoms with Gasteiger partial charge >= 0.3 is 0 Å². The zero-order valence-electron chi connectivity index (χ0n) is 13.2. The van der Waals surface area contributed by atoms with Gasteiger partial charge in [-0.25, -0.2) is 4.39 Å². The second-order valence-electron chi connectivity index (χ2n) is 5.86. The summed E-state index contributed by atoms with van der Waals surface area (Å²) in [5.74, 6) is 0.844. The Morgan fingerprint density at radius 1 is 1.33 bits per heavy atom. The van der Waals surface area contributed by atoms with Crippen molar-refractivity contribution in [2.75, 3.05) is 13.7 Å². The van der Waals surface area contributed by atoms with Gasteiger partial charge in [0.05, 0.1) is 13.7 Å². The smallest absolute Gasteiger partial charge is 0.169 e. The van der Waals surface area contributed by atoms with E-state index in [0.29, 0.717) is 23.5 Å². The van der Waals surface area contributed by atoms with Crippen LogP contribution in [0.4, 0.5) is 4.39 Å². The molecule has 0 fully saturated rings. The lowest BCUT2D eigenvalue weighted by molar-refractivity contribution is 0.0993. The molecule has 0 unspecified atom stereocenters. The van der Waals surface area contributed by atoms with Crippen molar-refractivity contribution < 1.29 is 18.7 Å². The molecule has 1 aliphatic heterocycles. The zero-order valence-corrected chi connectivity index (χ0v) is 13.2. The molecule has 0 spiro atoms. The van der Waals surface area contributed by atoms with Crippen molar-refractivity contribution in [3.63, 3.8) is 0 Å². The molecule has 1 aromatic heterocycles. The molecule has 0 radical (unpaired) electrons. The number of ether oxygens (including phenoxy) is 2. The fraction of sp³-hybridized carbons (Fsp3) is 0.211. The number of hydrogen-bond donors (Lipinski definition) is 1. The van der Waals surface area contributed by atoms with E-state index < -0.39 is 0 Å². The van der Waals surface area contributed by atoms with E-state index in [4.69, 9.17) is 9.47 Å². The average molecular weight is 325 g/mol. The predicted octanol–water partition coefficient (Wildman–Crippen LogP) is 3.68. The number of hydrogen-bond acceptors (Lipinski definition) is 3. The van der Waals surface area contributed by atoms with E-state index >= 15 is 0 Å². The maximum atomic E-state index is 13.3. The highest BCUT2D eigenvalue weighted by molar-refractivity contribution is 6.09. The Hall–Kier alpha value is -2.82. The molecule has 0 atom stereocenters. The van der Waals surface area contributed by atoms with Crippen LogP contribution in [0.1, 0.15) is 21.5 Å². The summed E-state index contributed by atoms with van der Waals surface area (Å²) < 4.78 is 24.0. The summed E-state index contributed by atoms with van der Waals surface area (Å²) in [5.41, 5.74) is 3.30. The normalized spacial score (nSPS) is 12.9. The first-order chi connectivity index (χ1) is 11.7. The Kier molecular flexibility index (Phi) is 3.49. The molecule has 2 heterocycles. The third kappa shape index (κ3) is 2.42. The number of carbonyl (C=O) groups excluding carboxylic acids is 1. The highest BCUT2D eigenvalue weighted by Gasteiger charge is 2.19. The van der Waals surface area contributed by atoms with Crippen LogP contribution in [0.5, 0.6) is 11.5 Å². The number of rotatable bonds is 4. The number of ketones is 1. The molecule has 24 heavy (non-hydrogen) atoms. The van der Waals surface area contributed by atoms with Gasteiger partial charge in [-0.2, -0.15) is 0 Å². The average Bonchev–Trinajstić information content (AvgIpc) is 3.19. The molecular formula is C19H16FNO3. The van der Waals surface area contributed by atoms with Crippen molar-refractivity contribution in [2.24, 2.45) is 0 Å². The zero-order chi connectivity index (χ0) is 16.7. The molecule has 0 saturated carbocycles. The minimum absolute atomic E-state index is 0.0370. The third-order valence-corrected chi connectivity index (χ3v) is 4.39. The summed E-state index contributed by atoms with van der Waals surface area (Å²) in [7, 11) is 1.47. The number of nitrogens with one attached hydrogen (secondary N) is 1. The van der Waals surface area contributed by atoms with Crippen molar-refractivity contribution in [1.29, 1.82) is 0 Å². The van der Waals surface area contributed by atoms with Crippen molar-refractivity contribution in [2.45, 2.75) is 12.8 Å². The predicted molar refractivity (Wildman–Crippen MR) is 88.5 cm³/mol. The summed E-state index contributed by atoms with van der Waals surface area (Å²) in [5, 5.41) is 0.894. The number of benzene rings is 2. The highest BCUT2D eigenvalue weighted by Crippen LogP contribution is 2.32. The first kappa shape index (κ1) is 14.8. The lowest BCUT2D eigenvalue weighted by atomic mass is 10.00. The number of fused-ring (bicyclic) bond motifs is 2. The molecule has 4 rings (SSSR count). The van der Waals surface area contributed by atoms with E-state index in [0.717, 1.165) is 28.6 Å². The van der Waals surface area contributed by atoms with Crippen LogP contribution in [0.15, 0.2) is 36.5 Å². The van der Waals surface area contributed by atoms with E-state index in [1.807, 2.05) is 12.1 Å². The highest BCUT2D eigenvalue weighted by atomic mass is 19.1. The first-order valence-electron chi connectivity index (χ1n) is 7.78. The number of aromatic nitrogens is 1. The molecule has 0 saturated heterocycles. The molecule has 0 aliphatic carbocycles. The van der Waals surface area contributed by atoms with Gasteiger partial charge in [0, 0.05) is 53.2 Å². The van der Waals surface area contributed by atoms with Crippen LogP contribution in [-0.4, -0.2) is 24.5 Å². The lowest BCUT2D eigenvalue weighted by Crippen LogP contribution is -2.05. The molecule has 1 N–H and O–H groups in total. The summed E-state index contributed by atoms with van der Waals surface area (Å²) in [4.78, 5) is 15.9. The molecular weight excluding hydrogens is 309 g/mol. The number of halogens is 1. The van der Waals surface area contributed by atoms with Gasteiger partial charge < -0.3 is 14.5 Å². The van der Waals surface area contributed by atoms with Crippen LogP contribution in [0, 0.1) is 5.82 Å². The SMILES string of the molecule is COc1cc(F)ccc1CC(=O)c1c[nH]c2cc3c(cc12)CCO3. The number of aromatic amines is 1. The van der Waals surface area contributed by atoms with E-state index in [-0.39, 0.29) is 18.0 Å². The Morgan fingerprint density at radius 3 is 3.04 bits per heavy atom. The molecule has 1 aliphatic rings. The molecule has 0 bridgehead atoms. The van der Waals surface area contributed by atoms with Gasteiger partial charge in [-0.15, -0.1) is 0 Å². The van der Waals surface area contributed by atoms with Crippen molar-refractivity contribution in [3.8, 4) is 11.5 Å².